The molecule has 0 aromatic heterocycles. The Balaban J connectivity index is 1.31. The van der Waals surface area contributed by atoms with Crippen LogP contribution in [0.2, 0.25) is 0 Å². The van der Waals surface area contributed by atoms with E-state index in [1.165, 1.54) is 6.07 Å². The maximum atomic E-state index is 13.0. The van der Waals surface area contributed by atoms with Gasteiger partial charge < -0.3 is 20.2 Å². The zero-order valence-corrected chi connectivity index (χ0v) is 23.0. The minimum atomic E-state index is -4.56. The molecule has 220 valence electrons. The van der Waals surface area contributed by atoms with Crippen molar-refractivity contribution in [3.63, 3.8) is 0 Å². The molecule has 2 fully saturated rings. The minimum Gasteiger partial charge on any atom is -0.391 e. The molecule has 1 aromatic carbocycles. The molecule has 9 nitrogen and oxygen atoms in total. The van der Waals surface area contributed by atoms with Crippen LogP contribution in [0, 0.1) is 0 Å². The summed E-state index contributed by atoms with van der Waals surface area (Å²) >= 11 is 0. The quantitative estimate of drug-likeness (QED) is 0.448. The number of halogens is 3. The molecule has 4 rings (SSSR count). The van der Waals surface area contributed by atoms with Crippen LogP contribution in [0.3, 0.4) is 0 Å². The molecule has 5 atom stereocenters. The van der Waals surface area contributed by atoms with E-state index in [1.54, 1.807) is 6.08 Å². The minimum absolute atomic E-state index is 0.0358. The Morgan fingerprint density at radius 3 is 2.73 bits per heavy atom. The molecular weight excluding hydrogens is 527 g/mol. The Kier molecular flexibility index (Phi) is 9.85. The highest BCUT2D eigenvalue weighted by Crippen LogP contribution is 2.30. The number of carbonyl (C=O) groups excluding carboxylic acids is 2. The van der Waals surface area contributed by atoms with E-state index in [0.29, 0.717) is 25.7 Å². The summed E-state index contributed by atoms with van der Waals surface area (Å²) in [7, 11) is 0. The van der Waals surface area contributed by atoms with E-state index in [-0.39, 0.29) is 36.4 Å². The van der Waals surface area contributed by atoms with Crippen molar-refractivity contribution < 1.29 is 32.3 Å². The number of likely N-dealkylation sites (tertiary alicyclic amines) is 2. The Morgan fingerprint density at radius 2 is 2.02 bits per heavy atom. The van der Waals surface area contributed by atoms with E-state index in [9.17, 15) is 22.8 Å². The van der Waals surface area contributed by atoms with Crippen LogP contribution in [-0.2, 0) is 20.5 Å². The van der Waals surface area contributed by atoms with Crippen LogP contribution in [0.1, 0.15) is 49.0 Å². The molecular formula is C28H38F3N5O4. The van der Waals surface area contributed by atoms with Gasteiger partial charge in [0.05, 0.1) is 42.6 Å². The van der Waals surface area contributed by atoms with E-state index >= 15 is 0 Å². The fourth-order valence-corrected chi connectivity index (χ4v) is 5.88. The Hall–Kier alpha value is -2.96. The first-order valence-electron chi connectivity index (χ1n) is 13.7. The van der Waals surface area contributed by atoms with Gasteiger partial charge in [-0.25, -0.2) is 0 Å². The van der Waals surface area contributed by atoms with Crippen molar-refractivity contribution in [2.24, 2.45) is 5.16 Å². The smallest absolute Gasteiger partial charge is 0.391 e. The van der Waals surface area contributed by atoms with Crippen molar-refractivity contribution in [3.8, 4) is 0 Å². The van der Waals surface area contributed by atoms with Crippen molar-refractivity contribution in [2.45, 2.75) is 69.6 Å². The van der Waals surface area contributed by atoms with Gasteiger partial charge in [0.2, 0.25) is 5.91 Å². The maximum Gasteiger partial charge on any atom is 0.416 e. The second-order valence-electron chi connectivity index (χ2n) is 10.7. The molecule has 0 bridgehead atoms. The molecule has 0 saturated carbocycles. The second kappa shape index (κ2) is 13.1. The zero-order valence-electron chi connectivity index (χ0n) is 23.0. The van der Waals surface area contributed by atoms with Crippen molar-refractivity contribution >= 4 is 17.5 Å². The normalized spacial score (nSPS) is 27.9. The first kappa shape index (κ1) is 30.0. The van der Waals surface area contributed by atoms with Gasteiger partial charge >= 0.3 is 6.18 Å². The van der Waals surface area contributed by atoms with Gasteiger partial charge in [-0.2, -0.15) is 13.2 Å². The first-order valence-corrected chi connectivity index (χ1v) is 13.7. The number of amides is 2. The van der Waals surface area contributed by atoms with Gasteiger partial charge in [-0.15, -0.1) is 6.58 Å². The predicted octanol–water partition coefficient (Wildman–Crippen LogP) is 2.82. The summed E-state index contributed by atoms with van der Waals surface area (Å²) in [5.74, 6) is -1.18. The second-order valence-corrected chi connectivity index (χ2v) is 10.7. The number of nitrogens with zero attached hydrogens (tertiary/aromatic N) is 3. The third kappa shape index (κ3) is 7.41. The molecule has 12 heteroatoms. The number of carbonyl (C=O) groups is 2. The average Bonchev–Trinajstić information content (AvgIpc) is 3.37. The number of hydrogen-bond donors (Lipinski definition) is 2. The summed E-state index contributed by atoms with van der Waals surface area (Å²) in [5, 5.41) is 9.53. The van der Waals surface area contributed by atoms with E-state index in [0.717, 1.165) is 56.3 Å². The third-order valence-corrected chi connectivity index (χ3v) is 7.81. The Labute approximate surface area is 232 Å². The largest absolute Gasteiger partial charge is 0.416 e. The molecule has 40 heavy (non-hydrogen) atoms. The van der Waals surface area contributed by atoms with Gasteiger partial charge in [0.15, 0.2) is 0 Å². The number of alkyl halides is 3. The van der Waals surface area contributed by atoms with Gasteiger partial charge in [0.1, 0.15) is 6.10 Å². The number of oxime groups is 1. The standard InChI is InChI=1S/C28H38F3N5O4/c1-4-13-39-24-17-36(22-9-6-11-35(12-10-22)26-18(2)34-40-19(26)3)16-23(24)33-25(37)15-32-27(38)20-7-5-8-21(14-20)28(29,30)31/h4-5,7-8,14,19,22-24,26H,1,6,9-13,15-17H2,2-3H3,(H,32,38)(H,33,37)/t19?,22?,23?,24-,26?/m0/s1. The highest BCUT2D eigenvalue weighted by molar-refractivity contribution is 5.96. The predicted molar refractivity (Wildman–Crippen MR) is 144 cm³/mol. The molecule has 0 radical (unpaired) electrons. The zero-order chi connectivity index (χ0) is 28.9. The van der Waals surface area contributed by atoms with Crippen LogP contribution in [0.15, 0.2) is 42.1 Å². The lowest BCUT2D eigenvalue weighted by Crippen LogP contribution is -2.48. The van der Waals surface area contributed by atoms with Crippen molar-refractivity contribution in [3.05, 3.63) is 48.0 Å². The number of benzene rings is 1. The lowest BCUT2D eigenvalue weighted by atomic mass is 10.1. The van der Waals surface area contributed by atoms with Crippen LogP contribution >= 0.6 is 0 Å². The van der Waals surface area contributed by atoms with Crippen LogP contribution in [0.5, 0.6) is 0 Å². The molecule has 2 N–H and O–H groups in total. The lowest BCUT2D eigenvalue weighted by Gasteiger charge is -2.30. The first-order chi connectivity index (χ1) is 19.1. The highest BCUT2D eigenvalue weighted by atomic mass is 19.4. The van der Waals surface area contributed by atoms with Gasteiger partial charge in [-0.05, 0) is 57.9 Å². The topological polar surface area (TPSA) is 95.5 Å². The fourth-order valence-electron chi connectivity index (χ4n) is 5.88. The highest BCUT2D eigenvalue weighted by Gasteiger charge is 2.40. The van der Waals surface area contributed by atoms with Crippen LogP contribution < -0.4 is 10.6 Å². The van der Waals surface area contributed by atoms with Gasteiger partial charge in [-0.3, -0.25) is 19.4 Å². The summed E-state index contributed by atoms with van der Waals surface area (Å²) in [6, 6.07) is 4.33. The average molecular weight is 566 g/mol. The Morgan fingerprint density at radius 1 is 1.23 bits per heavy atom. The molecule has 3 aliphatic rings. The summed E-state index contributed by atoms with van der Waals surface area (Å²) < 4.78 is 44.9. The number of hydrogen-bond acceptors (Lipinski definition) is 7. The number of rotatable bonds is 9. The van der Waals surface area contributed by atoms with Crippen molar-refractivity contribution in [2.75, 3.05) is 39.3 Å². The summed E-state index contributed by atoms with van der Waals surface area (Å²) in [6.45, 7) is 10.9. The third-order valence-electron chi connectivity index (χ3n) is 7.81. The summed E-state index contributed by atoms with van der Waals surface area (Å²) in [6.07, 6.45) is -0.0839. The van der Waals surface area contributed by atoms with Crippen LogP contribution in [-0.4, -0.2) is 97.0 Å². The molecule has 2 amide bonds. The van der Waals surface area contributed by atoms with Gasteiger partial charge in [0, 0.05) is 31.2 Å². The summed E-state index contributed by atoms with van der Waals surface area (Å²) in [5.41, 5.74) is -0.0777. The molecule has 1 aromatic rings. The molecule has 0 aliphatic carbocycles. The number of nitrogens with one attached hydrogen (secondary N) is 2. The van der Waals surface area contributed by atoms with Crippen LogP contribution in [0.4, 0.5) is 13.2 Å². The summed E-state index contributed by atoms with van der Waals surface area (Å²) in [4.78, 5) is 35.4. The van der Waals surface area contributed by atoms with E-state index < -0.39 is 23.6 Å². The maximum absolute atomic E-state index is 13.0. The van der Waals surface area contributed by atoms with Crippen molar-refractivity contribution in [1.29, 1.82) is 0 Å². The van der Waals surface area contributed by atoms with Gasteiger partial charge in [0.25, 0.3) is 5.91 Å². The molecule has 3 aliphatic heterocycles. The Bertz CT molecular complexity index is 1100. The molecule has 0 spiro atoms. The van der Waals surface area contributed by atoms with Crippen molar-refractivity contribution in [1.82, 2.24) is 20.4 Å². The van der Waals surface area contributed by atoms with E-state index in [2.05, 4.69) is 32.2 Å². The van der Waals surface area contributed by atoms with E-state index in [4.69, 9.17) is 9.57 Å². The van der Waals surface area contributed by atoms with Gasteiger partial charge in [-0.1, -0.05) is 17.3 Å². The molecule has 3 heterocycles. The van der Waals surface area contributed by atoms with E-state index in [1.807, 2.05) is 13.8 Å². The molecule has 4 unspecified atom stereocenters. The lowest BCUT2D eigenvalue weighted by molar-refractivity contribution is -0.137. The fraction of sp³-hybridized carbons (Fsp3) is 0.607. The molecule has 2 saturated heterocycles. The van der Waals surface area contributed by atoms with Crippen LogP contribution in [0.25, 0.3) is 0 Å². The number of ether oxygens (including phenoxy) is 1. The monoisotopic (exact) mass is 565 g/mol. The SMILES string of the molecule is C=CCO[C@H]1CN(C2CCCN(C3C(C)=NOC3C)CC2)CC1NC(=O)CNC(=O)c1cccc(C(F)(F)F)c1.